The van der Waals surface area contributed by atoms with Gasteiger partial charge in [0.05, 0.1) is 6.04 Å². The quantitative estimate of drug-likeness (QED) is 0.503. The fourth-order valence-electron chi connectivity index (χ4n) is 2.34. The van der Waals surface area contributed by atoms with Gasteiger partial charge in [0.2, 0.25) is 8.32 Å². The molecule has 1 atom stereocenters. The summed E-state index contributed by atoms with van der Waals surface area (Å²) >= 11 is 0. The van der Waals surface area contributed by atoms with Crippen LogP contribution in [0.1, 0.15) is 47.0 Å². The maximum absolute atomic E-state index is 12.2. The van der Waals surface area contributed by atoms with E-state index in [9.17, 15) is 4.79 Å². The normalized spacial score (nSPS) is 20.7. The van der Waals surface area contributed by atoms with Gasteiger partial charge in [-0.25, -0.2) is 9.69 Å². The monoisotopic (exact) mass is 313 g/mol. The molecule has 1 fully saturated rings. The van der Waals surface area contributed by atoms with E-state index in [0.29, 0.717) is 12.5 Å². The molecule has 1 aliphatic heterocycles. The first-order chi connectivity index (χ1) is 9.67. The van der Waals surface area contributed by atoms with Gasteiger partial charge in [-0.15, -0.1) is 0 Å². The van der Waals surface area contributed by atoms with E-state index in [1.165, 1.54) is 0 Å². The van der Waals surface area contributed by atoms with Crippen molar-refractivity contribution in [3.05, 3.63) is 11.5 Å². The van der Waals surface area contributed by atoms with Crippen molar-refractivity contribution in [2.45, 2.75) is 72.6 Å². The van der Waals surface area contributed by atoms with Crippen molar-refractivity contribution in [1.82, 2.24) is 4.90 Å². The third-order valence-corrected chi connectivity index (χ3v) is 4.37. The molecule has 0 aromatic heterocycles. The Morgan fingerprint density at radius 2 is 2.05 bits per heavy atom. The summed E-state index contributed by atoms with van der Waals surface area (Å²) in [5.74, 6) is 1.10. The number of hydrogen-bond donors (Lipinski definition) is 0. The Balaban J connectivity index is 3.12. The molecule has 4 nitrogen and oxygen atoms in total. The number of unbranched alkanes of at least 4 members (excludes halogenated alkanes) is 1. The van der Waals surface area contributed by atoms with Crippen LogP contribution in [0.3, 0.4) is 0 Å². The van der Waals surface area contributed by atoms with E-state index in [-0.39, 0.29) is 12.1 Å². The minimum absolute atomic E-state index is 0.0698. The van der Waals surface area contributed by atoms with Gasteiger partial charge in [-0.2, -0.15) is 0 Å². The second kappa shape index (κ2) is 7.34. The molecule has 0 unspecified atom stereocenters. The Labute approximate surface area is 130 Å². The van der Waals surface area contributed by atoms with Crippen molar-refractivity contribution in [2.24, 2.45) is 5.92 Å². The van der Waals surface area contributed by atoms with Gasteiger partial charge < -0.3 is 9.16 Å². The smallest absolute Gasteiger partial charge is 0.417 e. The molecule has 0 bridgehead atoms. The van der Waals surface area contributed by atoms with Crippen LogP contribution in [0.25, 0.3) is 0 Å². The zero-order valence-electron chi connectivity index (χ0n) is 14.7. The van der Waals surface area contributed by atoms with Gasteiger partial charge in [0, 0.05) is 0 Å². The summed E-state index contributed by atoms with van der Waals surface area (Å²) in [7, 11) is -1.79. The van der Waals surface area contributed by atoms with Crippen LogP contribution in [0, 0.1) is 5.92 Å². The lowest BCUT2D eigenvalue weighted by Crippen LogP contribution is -2.41. The lowest BCUT2D eigenvalue weighted by atomic mass is 10.0. The number of nitrogens with zero attached hydrogens (tertiary/aromatic N) is 1. The molecule has 0 aromatic carbocycles. The number of carbonyl (C=O) groups is 1. The number of rotatable bonds is 7. The second-order valence-electron chi connectivity index (χ2n) is 7.16. The molecule has 21 heavy (non-hydrogen) atoms. The fraction of sp³-hybridized carbons (Fsp3) is 0.812. The van der Waals surface area contributed by atoms with E-state index in [1.807, 2.05) is 0 Å². The lowest BCUT2D eigenvalue weighted by molar-refractivity contribution is 0.147. The second-order valence-corrected chi connectivity index (χ2v) is 11.6. The largest absolute Gasteiger partial charge is 0.532 e. The highest BCUT2D eigenvalue weighted by Crippen LogP contribution is 2.30. The molecule has 0 saturated carbocycles. The number of carbonyl (C=O) groups excluding carboxylic acids is 1. The zero-order chi connectivity index (χ0) is 16.2. The van der Waals surface area contributed by atoms with Crippen molar-refractivity contribution in [2.75, 3.05) is 6.61 Å². The molecular formula is C16H31NO3Si. The van der Waals surface area contributed by atoms with Gasteiger partial charge in [0.1, 0.15) is 6.61 Å². The molecule has 1 amide bonds. The summed E-state index contributed by atoms with van der Waals surface area (Å²) in [4.78, 5) is 14.0. The molecule has 0 spiro atoms. The molecule has 5 heteroatoms. The van der Waals surface area contributed by atoms with E-state index >= 15 is 0 Å². The SMILES string of the molecule is CCCC/C(C)=C(/O[Si](C)(C)C)N1C(=O)OC[C@@H]1C(C)C. The highest BCUT2D eigenvalue weighted by Gasteiger charge is 2.40. The van der Waals surface area contributed by atoms with Crippen LogP contribution in [0.5, 0.6) is 0 Å². The summed E-state index contributed by atoms with van der Waals surface area (Å²) in [6.07, 6.45) is 2.94. The average molecular weight is 314 g/mol. The Morgan fingerprint density at radius 3 is 2.52 bits per heavy atom. The number of cyclic esters (lactones) is 1. The number of hydrogen-bond acceptors (Lipinski definition) is 3. The van der Waals surface area contributed by atoms with Crippen molar-refractivity contribution in [1.29, 1.82) is 0 Å². The number of amides is 1. The zero-order valence-corrected chi connectivity index (χ0v) is 15.7. The van der Waals surface area contributed by atoms with Gasteiger partial charge >= 0.3 is 6.09 Å². The first-order valence-electron chi connectivity index (χ1n) is 8.02. The first kappa shape index (κ1) is 18.1. The van der Waals surface area contributed by atoms with Gasteiger partial charge in [0.25, 0.3) is 0 Å². The molecule has 0 radical (unpaired) electrons. The van der Waals surface area contributed by atoms with Crippen molar-refractivity contribution in [3.63, 3.8) is 0 Å². The van der Waals surface area contributed by atoms with E-state index in [1.54, 1.807) is 4.90 Å². The molecule has 0 aromatic rings. The van der Waals surface area contributed by atoms with E-state index < -0.39 is 8.32 Å². The van der Waals surface area contributed by atoms with Crippen LogP contribution in [0.4, 0.5) is 4.79 Å². The summed E-state index contributed by atoms with van der Waals surface area (Å²) < 4.78 is 11.6. The molecule has 0 aliphatic carbocycles. The van der Waals surface area contributed by atoms with Gasteiger partial charge in [0.15, 0.2) is 5.88 Å². The summed E-state index contributed by atoms with van der Waals surface area (Å²) in [6.45, 7) is 15.4. The van der Waals surface area contributed by atoms with Crippen molar-refractivity contribution in [3.8, 4) is 0 Å². The molecule has 1 heterocycles. The maximum Gasteiger partial charge on any atom is 0.417 e. The molecule has 122 valence electrons. The minimum Gasteiger partial charge on any atom is -0.532 e. The van der Waals surface area contributed by atoms with Crippen LogP contribution in [0.15, 0.2) is 11.5 Å². The Morgan fingerprint density at radius 1 is 1.43 bits per heavy atom. The molecule has 1 aliphatic rings. The summed E-state index contributed by atoms with van der Waals surface area (Å²) in [5, 5.41) is 0. The topological polar surface area (TPSA) is 38.8 Å². The first-order valence-corrected chi connectivity index (χ1v) is 11.4. The Hall–Kier alpha value is -0.973. The molecular weight excluding hydrogens is 282 g/mol. The molecule has 0 N–H and O–H groups in total. The number of allylic oxidation sites excluding steroid dienone is 1. The van der Waals surface area contributed by atoms with Crippen molar-refractivity contribution < 1.29 is 14.0 Å². The fourth-order valence-corrected chi connectivity index (χ4v) is 3.19. The van der Waals surface area contributed by atoms with Gasteiger partial charge in [-0.1, -0.05) is 27.2 Å². The number of ether oxygens (including phenoxy) is 1. The van der Waals surface area contributed by atoms with Crippen LogP contribution >= 0.6 is 0 Å². The van der Waals surface area contributed by atoms with E-state index in [0.717, 1.165) is 30.7 Å². The predicted molar refractivity (Wildman–Crippen MR) is 88.5 cm³/mol. The van der Waals surface area contributed by atoms with Crippen LogP contribution in [-0.2, 0) is 9.16 Å². The highest BCUT2D eigenvalue weighted by atomic mass is 28.4. The Kier molecular flexibility index (Phi) is 6.32. The van der Waals surface area contributed by atoms with E-state index in [4.69, 9.17) is 9.16 Å². The third kappa shape index (κ3) is 5.06. The van der Waals surface area contributed by atoms with Crippen molar-refractivity contribution >= 4 is 14.4 Å². The third-order valence-electron chi connectivity index (χ3n) is 3.57. The highest BCUT2D eigenvalue weighted by molar-refractivity contribution is 6.70. The minimum atomic E-state index is -1.79. The molecule has 1 saturated heterocycles. The van der Waals surface area contributed by atoms with Crippen LogP contribution < -0.4 is 0 Å². The van der Waals surface area contributed by atoms with Gasteiger partial charge in [-0.05, 0) is 50.9 Å². The Bertz CT molecular complexity index is 399. The van der Waals surface area contributed by atoms with Crippen LogP contribution in [0.2, 0.25) is 19.6 Å². The lowest BCUT2D eigenvalue weighted by Gasteiger charge is -2.32. The standard InChI is InChI=1S/C16H31NO3Si/c1-8-9-10-13(4)15(20-21(5,6)7)17-14(12(2)3)11-19-16(17)18/h12,14H,8-11H2,1-7H3/b15-13+/t14-/m1/s1. The van der Waals surface area contributed by atoms with Crippen LogP contribution in [-0.4, -0.2) is 32.0 Å². The molecule has 1 rings (SSSR count). The van der Waals surface area contributed by atoms with E-state index in [2.05, 4.69) is 47.3 Å². The van der Waals surface area contributed by atoms with Gasteiger partial charge in [-0.3, -0.25) is 0 Å². The predicted octanol–water partition coefficient (Wildman–Crippen LogP) is 4.74. The summed E-state index contributed by atoms with van der Waals surface area (Å²) in [5.41, 5.74) is 1.16. The maximum atomic E-state index is 12.2. The summed E-state index contributed by atoms with van der Waals surface area (Å²) in [6, 6.07) is 0.0698. The average Bonchev–Trinajstić information content (AvgIpc) is 2.74.